The van der Waals surface area contributed by atoms with Crippen LogP contribution in [0.1, 0.15) is 19.3 Å². The van der Waals surface area contributed by atoms with Gasteiger partial charge in [0.25, 0.3) is 0 Å². The quantitative estimate of drug-likeness (QED) is 0.586. The maximum absolute atomic E-state index is 11.3. The van der Waals surface area contributed by atoms with Crippen LogP contribution in [0.2, 0.25) is 10.0 Å². The summed E-state index contributed by atoms with van der Waals surface area (Å²) >= 11 is 16.9. The molecule has 0 amide bonds. The second-order valence-corrected chi connectivity index (χ2v) is 5.55. The standard InChI is InChI=1S/C13H13Cl2N3OS/c14-11-5-4-8(7-12(11)15)16-13(20)18-17-9-2-1-3-10(19)6-9/h4-7,17H,1-3H2,(H2,16,18,20). The van der Waals surface area contributed by atoms with E-state index < -0.39 is 0 Å². The van der Waals surface area contributed by atoms with E-state index in [9.17, 15) is 4.79 Å². The van der Waals surface area contributed by atoms with Crippen molar-refractivity contribution in [2.75, 3.05) is 5.32 Å². The lowest BCUT2D eigenvalue weighted by atomic mass is 10.0. The molecule has 7 heteroatoms. The summed E-state index contributed by atoms with van der Waals surface area (Å²) in [5.41, 5.74) is 7.32. The smallest absolute Gasteiger partial charge is 0.189 e. The van der Waals surface area contributed by atoms with Crippen molar-refractivity contribution in [3.8, 4) is 0 Å². The maximum atomic E-state index is 11.3. The number of hydrogen-bond donors (Lipinski definition) is 3. The third-order valence-corrected chi connectivity index (χ3v) is 3.66. The molecule has 1 aliphatic carbocycles. The summed E-state index contributed by atoms with van der Waals surface area (Å²) < 4.78 is 0. The van der Waals surface area contributed by atoms with E-state index in [-0.39, 0.29) is 5.78 Å². The van der Waals surface area contributed by atoms with Gasteiger partial charge in [0.15, 0.2) is 10.9 Å². The van der Waals surface area contributed by atoms with Gasteiger partial charge in [0, 0.05) is 23.9 Å². The largest absolute Gasteiger partial charge is 0.331 e. The molecule has 0 radical (unpaired) electrons. The Kier molecular flexibility index (Phi) is 5.23. The van der Waals surface area contributed by atoms with Crippen LogP contribution in [0.15, 0.2) is 30.0 Å². The fourth-order valence-electron chi connectivity index (χ4n) is 1.76. The van der Waals surface area contributed by atoms with Crippen LogP contribution in [-0.4, -0.2) is 10.9 Å². The average Bonchev–Trinajstić information content (AvgIpc) is 2.41. The van der Waals surface area contributed by atoms with Crippen LogP contribution in [0.4, 0.5) is 5.69 Å². The molecule has 0 bridgehead atoms. The molecule has 1 aromatic carbocycles. The predicted molar refractivity (Wildman–Crippen MR) is 85.9 cm³/mol. The van der Waals surface area contributed by atoms with Crippen molar-refractivity contribution in [2.45, 2.75) is 19.3 Å². The van der Waals surface area contributed by atoms with Crippen molar-refractivity contribution in [1.82, 2.24) is 10.9 Å². The Morgan fingerprint density at radius 3 is 2.70 bits per heavy atom. The summed E-state index contributed by atoms with van der Waals surface area (Å²) in [5.74, 6) is 0.129. The Balaban J connectivity index is 1.86. The van der Waals surface area contributed by atoms with Crippen molar-refractivity contribution >= 4 is 52.0 Å². The number of carbonyl (C=O) groups excluding carboxylic acids is 1. The van der Waals surface area contributed by atoms with Gasteiger partial charge >= 0.3 is 0 Å². The minimum absolute atomic E-state index is 0.129. The number of allylic oxidation sites excluding steroid dienone is 2. The Bertz CT molecular complexity index is 575. The van der Waals surface area contributed by atoms with Crippen molar-refractivity contribution < 1.29 is 4.79 Å². The summed E-state index contributed by atoms with van der Waals surface area (Å²) in [6.07, 6.45) is 3.88. The molecule has 0 atom stereocenters. The zero-order valence-corrected chi connectivity index (χ0v) is 12.8. The Labute approximate surface area is 132 Å². The van der Waals surface area contributed by atoms with Crippen molar-refractivity contribution in [3.63, 3.8) is 0 Å². The highest BCUT2D eigenvalue weighted by Gasteiger charge is 2.09. The van der Waals surface area contributed by atoms with Crippen molar-refractivity contribution in [2.24, 2.45) is 0 Å². The number of benzene rings is 1. The first kappa shape index (κ1) is 15.1. The molecule has 0 heterocycles. The minimum atomic E-state index is 0.129. The van der Waals surface area contributed by atoms with Gasteiger partial charge in [-0.2, -0.15) is 0 Å². The summed E-state index contributed by atoms with van der Waals surface area (Å²) in [4.78, 5) is 11.3. The van der Waals surface area contributed by atoms with Crippen LogP contribution in [0.25, 0.3) is 0 Å². The molecule has 0 saturated carbocycles. The van der Waals surface area contributed by atoms with Crippen molar-refractivity contribution in [1.29, 1.82) is 0 Å². The molecule has 0 unspecified atom stereocenters. The number of halogens is 2. The van der Waals surface area contributed by atoms with E-state index in [2.05, 4.69) is 16.2 Å². The molecule has 4 nitrogen and oxygen atoms in total. The average molecular weight is 330 g/mol. The van der Waals surface area contributed by atoms with Crippen LogP contribution in [-0.2, 0) is 4.79 Å². The van der Waals surface area contributed by atoms with E-state index in [0.717, 1.165) is 24.2 Å². The summed E-state index contributed by atoms with van der Waals surface area (Å²) in [5, 5.41) is 4.28. The summed E-state index contributed by atoms with van der Waals surface area (Å²) in [6, 6.07) is 5.14. The molecular weight excluding hydrogens is 317 g/mol. The third-order valence-electron chi connectivity index (χ3n) is 2.72. The first-order chi connectivity index (χ1) is 9.54. The van der Waals surface area contributed by atoms with Gasteiger partial charge in [-0.05, 0) is 43.3 Å². The Morgan fingerprint density at radius 2 is 2.00 bits per heavy atom. The van der Waals surface area contributed by atoms with Crippen LogP contribution in [0, 0.1) is 0 Å². The molecule has 0 fully saturated rings. The highest BCUT2D eigenvalue weighted by atomic mass is 35.5. The summed E-state index contributed by atoms with van der Waals surface area (Å²) in [6.45, 7) is 0. The number of rotatable bonds is 3. The Morgan fingerprint density at radius 1 is 1.20 bits per heavy atom. The van der Waals surface area contributed by atoms with Gasteiger partial charge in [0.2, 0.25) is 0 Å². The molecule has 0 aliphatic heterocycles. The molecule has 20 heavy (non-hydrogen) atoms. The van der Waals surface area contributed by atoms with E-state index in [1.807, 2.05) is 0 Å². The number of ketones is 1. The van der Waals surface area contributed by atoms with E-state index in [4.69, 9.17) is 35.4 Å². The van der Waals surface area contributed by atoms with Crippen LogP contribution in [0.3, 0.4) is 0 Å². The lowest BCUT2D eigenvalue weighted by molar-refractivity contribution is -0.115. The van der Waals surface area contributed by atoms with E-state index in [1.165, 1.54) is 0 Å². The molecule has 0 saturated heterocycles. The molecule has 1 aliphatic rings. The zero-order chi connectivity index (χ0) is 14.5. The van der Waals surface area contributed by atoms with Gasteiger partial charge in [-0.25, -0.2) is 0 Å². The number of thiocarbonyl (C=S) groups is 1. The van der Waals surface area contributed by atoms with Gasteiger partial charge in [0.1, 0.15) is 0 Å². The Hall–Kier alpha value is -1.30. The van der Waals surface area contributed by atoms with Gasteiger partial charge in [-0.3, -0.25) is 10.2 Å². The van der Waals surface area contributed by atoms with E-state index >= 15 is 0 Å². The van der Waals surface area contributed by atoms with Crippen LogP contribution >= 0.6 is 35.4 Å². The highest BCUT2D eigenvalue weighted by molar-refractivity contribution is 7.80. The number of anilines is 1. The number of carbonyl (C=O) groups is 1. The SMILES string of the molecule is O=C1C=C(NNC(=S)Nc2ccc(Cl)c(Cl)c2)CCC1. The molecule has 1 aromatic rings. The third kappa shape index (κ3) is 4.37. The molecule has 0 aromatic heterocycles. The first-order valence-corrected chi connectivity index (χ1v) is 7.22. The summed E-state index contributed by atoms with van der Waals surface area (Å²) in [7, 11) is 0. The lowest BCUT2D eigenvalue weighted by Crippen LogP contribution is -2.40. The first-order valence-electron chi connectivity index (χ1n) is 6.06. The fourth-order valence-corrected chi connectivity index (χ4v) is 2.23. The second-order valence-electron chi connectivity index (χ2n) is 4.32. The predicted octanol–water partition coefficient (Wildman–Crippen LogP) is 3.42. The highest BCUT2D eigenvalue weighted by Crippen LogP contribution is 2.24. The molecule has 0 spiro atoms. The normalized spacial score (nSPS) is 14.5. The van der Waals surface area contributed by atoms with Gasteiger partial charge < -0.3 is 10.7 Å². The topological polar surface area (TPSA) is 53.2 Å². The lowest BCUT2D eigenvalue weighted by Gasteiger charge is -2.17. The van der Waals surface area contributed by atoms with Crippen LogP contribution < -0.4 is 16.2 Å². The van der Waals surface area contributed by atoms with E-state index in [0.29, 0.717) is 21.6 Å². The van der Waals surface area contributed by atoms with E-state index in [1.54, 1.807) is 24.3 Å². The van der Waals surface area contributed by atoms with Gasteiger partial charge in [0.05, 0.1) is 10.0 Å². The monoisotopic (exact) mass is 329 g/mol. The van der Waals surface area contributed by atoms with Crippen LogP contribution in [0.5, 0.6) is 0 Å². The molecule has 2 rings (SSSR count). The number of nitrogens with one attached hydrogen (secondary N) is 3. The van der Waals surface area contributed by atoms with Crippen molar-refractivity contribution in [3.05, 3.63) is 40.0 Å². The number of hydrazine groups is 1. The molecular formula is C13H13Cl2N3OS. The molecule has 3 N–H and O–H groups in total. The number of hydrogen-bond acceptors (Lipinski definition) is 3. The second kappa shape index (κ2) is 6.92. The minimum Gasteiger partial charge on any atom is -0.331 e. The van der Waals surface area contributed by atoms with Gasteiger partial charge in [-0.1, -0.05) is 23.2 Å². The fraction of sp³-hybridized carbons (Fsp3) is 0.231. The molecule has 106 valence electrons. The zero-order valence-electron chi connectivity index (χ0n) is 10.5. The van der Waals surface area contributed by atoms with Gasteiger partial charge in [-0.15, -0.1) is 0 Å². The maximum Gasteiger partial charge on any atom is 0.189 e.